The molecule has 0 spiro atoms. The number of hydrogen-bond donors (Lipinski definition) is 1. The minimum absolute atomic E-state index is 0.266. The Balaban J connectivity index is 2.06. The van der Waals surface area contributed by atoms with Gasteiger partial charge in [-0.25, -0.2) is 9.07 Å². The summed E-state index contributed by atoms with van der Waals surface area (Å²) in [4.78, 5) is 11.7. The van der Waals surface area contributed by atoms with Gasteiger partial charge in [0.1, 0.15) is 5.82 Å². The molecule has 0 atom stereocenters. The van der Waals surface area contributed by atoms with Gasteiger partial charge >= 0.3 is 0 Å². The quantitative estimate of drug-likeness (QED) is 0.829. The molecule has 6 heteroatoms. The van der Waals surface area contributed by atoms with E-state index in [-0.39, 0.29) is 11.7 Å². The topological polar surface area (TPSA) is 56.1 Å². The second-order valence-electron chi connectivity index (χ2n) is 3.87. The van der Waals surface area contributed by atoms with E-state index in [1.807, 2.05) is 0 Å². The first kappa shape index (κ1) is 13.2. The number of aromatic nitrogens is 2. The lowest BCUT2D eigenvalue weighted by atomic mass is 10.3. The zero-order valence-corrected chi connectivity index (χ0v) is 10.5. The van der Waals surface area contributed by atoms with E-state index in [1.54, 1.807) is 31.5 Å². The van der Waals surface area contributed by atoms with Crippen molar-refractivity contribution in [2.75, 3.05) is 20.3 Å². The fraction of sp³-hybridized carbons (Fsp3) is 0.231. The Labute approximate surface area is 110 Å². The summed E-state index contributed by atoms with van der Waals surface area (Å²) in [5, 5.41) is 6.80. The first-order chi connectivity index (χ1) is 9.20. The van der Waals surface area contributed by atoms with Gasteiger partial charge in [0.2, 0.25) is 0 Å². The van der Waals surface area contributed by atoms with Crippen LogP contribution in [0.1, 0.15) is 10.5 Å². The molecule has 2 rings (SSSR count). The third kappa shape index (κ3) is 3.38. The lowest BCUT2D eigenvalue weighted by Crippen LogP contribution is -2.27. The van der Waals surface area contributed by atoms with Crippen LogP contribution in [0.4, 0.5) is 4.39 Å². The Hall–Kier alpha value is -2.21. The van der Waals surface area contributed by atoms with E-state index in [1.165, 1.54) is 16.8 Å². The van der Waals surface area contributed by atoms with Crippen LogP contribution in [-0.2, 0) is 4.74 Å². The molecule has 5 nitrogen and oxygen atoms in total. The van der Waals surface area contributed by atoms with E-state index in [9.17, 15) is 9.18 Å². The summed E-state index contributed by atoms with van der Waals surface area (Å²) in [5.41, 5.74) is 0.998. The number of nitrogens with zero attached hydrogens (tertiary/aromatic N) is 2. The molecular weight excluding hydrogens is 249 g/mol. The summed E-state index contributed by atoms with van der Waals surface area (Å²) in [6.07, 6.45) is 1.65. The number of carbonyl (C=O) groups is 1. The van der Waals surface area contributed by atoms with Gasteiger partial charge in [-0.2, -0.15) is 5.10 Å². The molecular formula is C13H14FN3O2. The largest absolute Gasteiger partial charge is 0.383 e. The van der Waals surface area contributed by atoms with Crippen LogP contribution in [0, 0.1) is 5.82 Å². The highest BCUT2D eigenvalue weighted by Crippen LogP contribution is 2.08. The lowest BCUT2D eigenvalue weighted by molar-refractivity contribution is 0.0931. The number of carbonyl (C=O) groups excluding carboxylic acids is 1. The maximum absolute atomic E-state index is 12.8. The van der Waals surface area contributed by atoms with Crippen molar-refractivity contribution in [1.29, 1.82) is 0 Å². The summed E-state index contributed by atoms with van der Waals surface area (Å²) in [5.74, 6) is -0.577. The molecule has 1 heterocycles. The third-order valence-corrected chi connectivity index (χ3v) is 2.50. The summed E-state index contributed by atoms with van der Waals surface area (Å²) < 4.78 is 19.2. The number of ether oxygens (including phenoxy) is 1. The molecule has 1 N–H and O–H groups in total. The molecule has 0 saturated heterocycles. The average Bonchev–Trinajstić information content (AvgIpc) is 2.89. The number of nitrogens with one attached hydrogen (secondary N) is 1. The summed E-state index contributed by atoms with van der Waals surface area (Å²) in [6, 6.07) is 7.47. The molecule has 100 valence electrons. The van der Waals surface area contributed by atoms with E-state index in [0.717, 1.165) is 0 Å². The number of hydrogen-bond acceptors (Lipinski definition) is 3. The molecule has 1 amide bonds. The second-order valence-corrected chi connectivity index (χ2v) is 3.87. The van der Waals surface area contributed by atoms with Crippen molar-refractivity contribution < 1.29 is 13.9 Å². The molecule has 0 saturated carbocycles. The fourth-order valence-electron chi connectivity index (χ4n) is 1.54. The molecule has 0 aliphatic carbocycles. The fourth-order valence-corrected chi connectivity index (χ4v) is 1.54. The molecule has 19 heavy (non-hydrogen) atoms. The van der Waals surface area contributed by atoms with Gasteiger partial charge < -0.3 is 10.1 Å². The minimum atomic E-state index is -0.312. The van der Waals surface area contributed by atoms with Crippen LogP contribution in [0.15, 0.2) is 36.5 Å². The van der Waals surface area contributed by atoms with E-state index in [2.05, 4.69) is 10.4 Å². The van der Waals surface area contributed by atoms with Crippen molar-refractivity contribution in [2.24, 2.45) is 0 Å². The summed E-state index contributed by atoms with van der Waals surface area (Å²) >= 11 is 0. The van der Waals surface area contributed by atoms with Gasteiger partial charge in [0.05, 0.1) is 12.3 Å². The number of amides is 1. The Kier molecular flexibility index (Phi) is 4.25. The third-order valence-electron chi connectivity index (χ3n) is 2.50. The van der Waals surface area contributed by atoms with Crippen LogP contribution >= 0.6 is 0 Å². The lowest BCUT2D eigenvalue weighted by Gasteiger charge is -2.02. The van der Waals surface area contributed by atoms with Gasteiger partial charge in [0, 0.05) is 19.9 Å². The Morgan fingerprint density at radius 3 is 2.79 bits per heavy atom. The van der Waals surface area contributed by atoms with Crippen molar-refractivity contribution >= 4 is 5.91 Å². The minimum Gasteiger partial charge on any atom is -0.383 e. The van der Waals surface area contributed by atoms with Crippen LogP contribution in [0.5, 0.6) is 0 Å². The van der Waals surface area contributed by atoms with Crippen LogP contribution in [0.25, 0.3) is 5.69 Å². The zero-order valence-electron chi connectivity index (χ0n) is 10.5. The Morgan fingerprint density at radius 1 is 1.37 bits per heavy atom. The monoisotopic (exact) mass is 263 g/mol. The molecule has 2 aromatic rings. The highest BCUT2D eigenvalue weighted by molar-refractivity contribution is 5.92. The van der Waals surface area contributed by atoms with Gasteiger partial charge in [-0.05, 0) is 30.3 Å². The van der Waals surface area contributed by atoms with Crippen LogP contribution < -0.4 is 5.32 Å². The second kappa shape index (κ2) is 6.10. The van der Waals surface area contributed by atoms with Crippen LogP contribution in [0.3, 0.4) is 0 Å². The number of methoxy groups -OCH3 is 1. The Bertz CT molecular complexity index is 551. The smallest absolute Gasteiger partial charge is 0.271 e. The van der Waals surface area contributed by atoms with Crippen molar-refractivity contribution in [3.05, 3.63) is 48.0 Å². The predicted octanol–water partition coefficient (Wildman–Crippen LogP) is 1.39. The highest BCUT2D eigenvalue weighted by Gasteiger charge is 2.09. The maximum Gasteiger partial charge on any atom is 0.271 e. The SMILES string of the molecule is COCCNC(=O)c1ccn(-c2ccc(F)cc2)n1. The van der Waals surface area contributed by atoms with Gasteiger partial charge in [0.15, 0.2) is 5.69 Å². The predicted molar refractivity (Wildman–Crippen MR) is 67.7 cm³/mol. The van der Waals surface area contributed by atoms with Crippen LogP contribution in [0.2, 0.25) is 0 Å². The molecule has 1 aromatic carbocycles. The average molecular weight is 263 g/mol. The molecule has 1 aromatic heterocycles. The number of halogens is 1. The van der Waals surface area contributed by atoms with E-state index in [4.69, 9.17) is 4.74 Å². The molecule has 0 aliphatic heterocycles. The first-order valence-corrected chi connectivity index (χ1v) is 5.79. The number of rotatable bonds is 5. The summed E-state index contributed by atoms with van der Waals surface area (Å²) in [6.45, 7) is 0.878. The van der Waals surface area contributed by atoms with Crippen molar-refractivity contribution in [2.45, 2.75) is 0 Å². The Morgan fingerprint density at radius 2 is 2.11 bits per heavy atom. The van der Waals surface area contributed by atoms with Gasteiger partial charge in [0.25, 0.3) is 5.91 Å². The van der Waals surface area contributed by atoms with E-state index < -0.39 is 0 Å². The van der Waals surface area contributed by atoms with Crippen LogP contribution in [-0.4, -0.2) is 35.9 Å². The van der Waals surface area contributed by atoms with Gasteiger partial charge in [-0.3, -0.25) is 4.79 Å². The van der Waals surface area contributed by atoms with E-state index in [0.29, 0.717) is 24.5 Å². The van der Waals surface area contributed by atoms with Gasteiger partial charge in [-0.15, -0.1) is 0 Å². The molecule has 0 radical (unpaired) electrons. The first-order valence-electron chi connectivity index (χ1n) is 5.79. The molecule has 0 aliphatic rings. The normalized spacial score (nSPS) is 10.4. The van der Waals surface area contributed by atoms with Crippen molar-refractivity contribution in [1.82, 2.24) is 15.1 Å². The summed E-state index contributed by atoms with van der Waals surface area (Å²) in [7, 11) is 1.56. The van der Waals surface area contributed by atoms with Crippen molar-refractivity contribution in [3.8, 4) is 5.69 Å². The highest BCUT2D eigenvalue weighted by atomic mass is 19.1. The zero-order chi connectivity index (χ0) is 13.7. The van der Waals surface area contributed by atoms with E-state index >= 15 is 0 Å². The molecule has 0 unspecified atom stereocenters. The standard InChI is InChI=1S/C13H14FN3O2/c1-19-9-7-15-13(18)12-6-8-17(16-12)11-4-2-10(14)3-5-11/h2-6,8H,7,9H2,1H3,(H,15,18). The molecule has 0 fully saturated rings. The van der Waals surface area contributed by atoms with Crippen molar-refractivity contribution in [3.63, 3.8) is 0 Å². The maximum atomic E-state index is 12.8. The van der Waals surface area contributed by atoms with Gasteiger partial charge in [-0.1, -0.05) is 0 Å². The number of benzene rings is 1. The molecule has 0 bridgehead atoms.